The van der Waals surface area contributed by atoms with Crippen LogP contribution in [0.3, 0.4) is 0 Å². The lowest BCUT2D eigenvalue weighted by molar-refractivity contribution is 0.0514. The average Bonchev–Trinajstić information content (AvgIpc) is 2.75. The van der Waals surface area contributed by atoms with E-state index in [0.717, 1.165) is 54.9 Å². The van der Waals surface area contributed by atoms with Crippen molar-refractivity contribution in [1.29, 1.82) is 0 Å². The van der Waals surface area contributed by atoms with Gasteiger partial charge >= 0.3 is 0 Å². The number of halogens is 1. The summed E-state index contributed by atoms with van der Waals surface area (Å²) in [6.45, 7) is 2.92. The Balaban J connectivity index is 1.65. The second-order valence-corrected chi connectivity index (χ2v) is 7.41. The molecule has 28 heavy (non-hydrogen) atoms. The van der Waals surface area contributed by atoms with Crippen LogP contribution in [0, 0.1) is 0 Å². The largest absolute Gasteiger partial charge is 0.497 e. The van der Waals surface area contributed by atoms with Crippen LogP contribution in [0.4, 0.5) is 0 Å². The zero-order chi connectivity index (χ0) is 19.8. The molecule has 2 N–H and O–H groups in total. The maximum absolute atomic E-state index is 6.54. The quantitative estimate of drug-likeness (QED) is 0.571. The van der Waals surface area contributed by atoms with Gasteiger partial charge < -0.3 is 20.1 Å². The maximum Gasteiger partial charge on any atom is 0.191 e. The van der Waals surface area contributed by atoms with Gasteiger partial charge in [0.15, 0.2) is 5.96 Å². The number of nitrogens with zero attached hydrogens (tertiary/aromatic N) is 1. The smallest absolute Gasteiger partial charge is 0.191 e. The molecule has 2 aromatic carbocycles. The second-order valence-electron chi connectivity index (χ2n) is 7.00. The summed E-state index contributed by atoms with van der Waals surface area (Å²) in [7, 11) is 3.46. The Morgan fingerprint density at radius 2 is 1.82 bits per heavy atom. The molecule has 150 valence electrons. The van der Waals surface area contributed by atoms with Gasteiger partial charge in [-0.1, -0.05) is 41.9 Å². The third-order valence-corrected chi connectivity index (χ3v) is 5.66. The first-order valence-electron chi connectivity index (χ1n) is 9.57. The van der Waals surface area contributed by atoms with Crippen LogP contribution < -0.4 is 15.4 Å². The van der Waals surface area contributed by atoms with Crippen LogP contribution in [-0.4, -0.2) is 39.9 Å². The topological polar surface area (TPSA) is 54.9 Å². The number of hydrogen-bond acceptors (Lipinski definition) is 3. The van der Waals surface area contributed by atoms with Crippen LogP contribution in [0.2, 0.25) is 5.02 Å². The van der Waals surface area contributed by atoms with E-state index < -0.39 is 0 Å². The summed E-state index contributed by atoms with van der Waals surface area (Å²) >= 11 is 6.54. The molecular weight excluding hydrogens is 374 g/mol. The Morgan fingerprint density at radius 3 is 2.46 bits per heavy atom. The van der Waals surface area contributed by atoms with Crippen molar-refractivity contribution in [3.05, 3.63) is 64.7 Å². The Bertz CT molecular complexity index is 787. The number of guanidine groups is 1. The number of nitrogens with one attached hydrogen (secondary N) is 2. The first kappa shape index (κ1) is 20.5. The molecule has 1 fully saturated rings. The molecular formula is C22H28ClN3O2. The van der Waals surface area contributed by atoms with Gasteiger partial charge in [-0.05, 0) is 42.2 Å². The zero-order valence-corrected chi connectivity index (χ0v) is 17.3. The minimum atomic E-state index is -0.0612. The summed E-state index contributed by atoms with van der Waals surface area (Å²) < 4.78 is 10.8. The molecule has 0 amide bonds. The van der Waals surface area contributed by atoms with Crippen LogP contribution in [0.25, 0.3) is 0 Å². The van der Waals surface area contributed by atoms with Crippen molar-refractivity contribution in [3.8, 4) is 5.75 Å². The van der Waals surface area contributed by atoms with Gasteiger partial charge in [-0.25, -0.2) is 0 Å². The van der Waals surface area contributed by atoms with Gasteiger partial charge in [-0.2, -0.15) is 0 Å². The Hall–Kier alpha value is -2.24. The minimum absolute atomic E-state index is 0.0612. The molecule has 0 saturated carbocycles. The van der Waals surface area contributed by atoms with Gasteiger partial charge in [0.05, 0.1) is 7.11 Å². The number of rotatable bonds is 6. The molecule has 0 bridgehead atoms. The van der Waals surface area contributed by atoms with Crippen LogP contribution in [0.1, 0.15) is 24.0 Å². The van der Waals surface area contributed by atoms with E-state index in [4.69, 9.17) is 21.1 Å². The highest BCUT2D eigenvalue weighted by Crippen LogP contribution is 2.38. The fourth-order valence-corrected chi connectivity index (χ4v) is 3.93. The van der Waals surface area contributed by atoms with E-state index in [2.05, 4.69) is 27.8 Å². The van der Waals surface area contributed by atoms with Crippen molar-refractivity contribution in [3.63, 3.8) is 0 Å². The normalized spacial score (nSPS) is 16.5. The highest BCUT2D eigenvalue weighted by Gasteiger charge is 2.36. The van der Waals surface area contributed by atoms with E-state index in [1.165, 1.54) is 5.56 Å². The zero-order valence-electron chi connectivity index (χ0n) is 16.5. The van der Waals surface area contributed by atoms with E-state index in [1.54, 1.807) is 14.2 Å². The summed E-state index contributed by atoms with van der Waals surface area (Å²) in [5, 5.41) is 7.69. The van der Waals surface area contributed by atoms with Crippen LogP contribution in [0.15, 0.2) is 53.5 Å². The average molecular weight is 402 g/mol. The molecule has 6 heteroatoms. The van der Waals surface area contributed by atoms with Crippen molar-refractivity contribution >= 4 is 17.6 Å². The number of ether oxygens (including phenoxy) is 2. The number of hydrogen-bond donors (Lipinski definition) is 2. The molecule has 3 rings (SSSR count). The first-order valence-corrected chi connectivity index (χ1v) is 9.95. The van der Waals surface area contributed by atoms with Crippen molar-refractivity contribution in [1.82, 2.24) is 10.6 Å². The van der Waals surface area contributed by atoms with Crippen molar-refractivity contribution in [2.75, 3.05) is 33.9 Å². The fraction of sp³-hybridized carbons (Fsp3) is 0.409. The summed E-state index contributed by atoms with van der Waals surface area (Å²) in [5.74, 6) is 1.63. The Kier molecular flexibility index (Phi) is 7.18. The molecule has 1 aliphatic heterocycles. The SMILES string of the molecule is CN=C(NCc1ccc(OC)cc1)NCC1(c2ccccc2Cl)CCOCC1. The van der Waals surface area contributed by atoms with E-state index in [0.29, 0.717) is 6.54 Å². The Labute approximate surface area is 172 Å². The molecule has 2 aromatic rings. The van der Waals surface area contributed by atoms with E-state index in [-0.39, 0.29) is 5.41 Å². The molecule has 0 aliphatic carbocycles. The molecule has 0 radical (unpaired) electrons. The minimum Gasteiger partial charge on any atom is -0.497 e. The highest BCUT2D eigenvalue weighted by atomic mass is 35.5. The predicted molar refractivity (Wildman–Crippen MR) is 114 cm³/mol. The number of benzene rings is 2. The monoisotopic (exact) mass is 401 g/mol. The van der Waals surface area contributed by atoms with Crippen LogP contribution in [0.5, 0.6) is 5.75 Å². The molecule has 0 unspecified atom stereocenters. The highest BCUT2D eigenvalue weighted by molar-refractivity contribution is 6.31. The molecule has 0 atom stereocenters. The molecule has 0 spiro atoms. The molecule has 5 nitrogen and oxygen atoms in total. The summed E-state index contributed by atoms with van der Waals surface area (Å²) in [6, 6.07) is 16.1. The molecule has 1 aliphatic rings. The maximum atomic E-state index is 6.54. The van der Waals surface area contributed by atoms with E-state index in [1.807, 2.05) is 36.4 Å². The van der Waals surface area contributed by atoms with Gasteiger partial charge in [0.2, 0.25) is 0 Å². The number of aliphatic imine (C=N–C) groups is 1. The summed E-state index contributed by atoms with van der Waals surface area (Å²) in [4.78, 5) is 4.37. The fourth-order valence-electron chi connectivity index (χ4n) is 3.60. The third-order valence-electron chi connectivity index (χ3n) is 5.33. The lowest BCUT2D eigenvalue weighted by Crippen LogP contribution is -2.48. The van der Waals surface area contributed by atoms with Gasteiger partial charge in [-0.3, -0.25) is 4.99 Å². The summed E-state index contributed by atoms with van der Waals surface area (Å²) in [5.41, 5.74) is 2.28. The van der Waals surface area contributed by atoms with Crippen molar-refractivity contribution < 1.29 is 9.47 Å². The Morgan fingerprint density at radius 1 is 1.11 bits per heavy atom. The van der Waals surface area contributed by atoms with Gasteiger partial charge in [0, 0.05) is 43.8 Å². The van der Waals surface area contributed by atoms with Crippen molar-refractivity contribution in [2.24, 2.45) is 4.99 Å². The molecule has 1 heterocycles. The van der Waals surface area contributed by atoms with Crippen LogP contribution >= 0.6 is 11.6 Å². The van der Waals surface area contributed by atoms with Gasteiger partial charge in [0.25, 0.3) is 0 Å². The van der Waals surface area contributed by atoms with Crippen LogP contribution in [-0.2, 0) is 16.7 Å². The molecule has 1 saturated heterocycles. The van der Waals surface area contributed by atoms with Crippen molar-refractivity contribution in [2.45, 2.75) is 24.8 Å². The third kappa shape index (κ3) is 4.97. The second kappa shape index (κ2) is 9.80. The number of methoxy groups -OCH3 is 1. The predicted octanol–water partition coefficient (Wildman–Crippen LogP) is 3.76. The lowest BCUT2D eigenvalue weighted by atomic mass is 9.74. The van der Waals surface area contributed by atoms with E-state index >= 15 is 0 Å². The van der Waals surface area contributed by atoms with E-state index in [9.17, 15) is 0 Å². The lowest BCUT2D eigenvalue weighted by Gasteiger charge is -2.38. The van der Waals surface area contributed by atoms with Gasteiger partial charge in [0.1, 0.15) is 5.75 Å². The first-order chi connectivity index (χ1) is 13.7. The molecule has 0 aromatic heterocycles. The summed E-state index contributed by atoms with van der Waals surface area (Å²) in [6.07, 6.45) is 1.86. The van der Waals surface area contributed by atoms with Gasteiger partial charge in [-0.15, -0.1) is 0 Å². The standard InChI is InChI=1S/C22H28ClN3O2/c1-24-21(25-15-17-7-9-18(27-2)10-8-17)26-16-22(11-13-28-14-12-22)19-5-3-4-6-20(19)23/h3-10H,11-16H2,1-2H3,(H2,24,25,26).